The number of ether oxygens (including phenoxy) is 2. The number of rotatable bonds is 6. The third-order valence-corrected chi connectivity index (χ3v) is 4.06. The summed E-state index contributed by atoms with van der Waals surface area (Å²) < 4.78 is 11.1. The monoisotopic (exact) mass is 338 g/mol. The van der Waals surface area contributed by atoms with Crippen LogP contribution in [-0.4, -0.2) is 26.1 Å². The summed E-state index contributed by atoms with van der Waals surface area (Å²) in [6, 6.07) is 15.1. The van der Waals surface area contributed by atoms with Gasteiger partial charge in [0.1, 0.15) is 5.75 Å². The molecule has 2 aromatic carbocycles. The van der Waals surface area contributed by atoms with E-state index in [1.807, 2.05) is 48.5 Å². The molecule has 0 saturated heterocycles. The van der Waals surface area contributed by atoms with E-state index in [-0.39, 0.29) is 5.91 Å². The second-order valence-corrected chi connectivity index (χ2v) is 5.81. The van der Waals surface area contributed by atoms with Crippen molar-refractivity contribution < 1.29 is 14.3 Å². The minimum absolute atomic E-state index is 0.140. The molecular weight excluding hydrogens is 316 g/mol. The van der Waals surface area contributed by atoms with Crippen molar-refractivity contribution >= 4 is 17.7 Å². The minimum Gasteiger partial charge on any atom is -0.497 e. The van der Waals surface area contributed by atoms with E-state index in [2.05, 4.69) is 0 Å². The van der Waals surface area contributed by atoms with E-state index < -0.39 is 0 Å². The first-order chi connectivity index (χ1) is 12.2. The number of methoxy groups -OCH3 is 1. The fourth-order valence-corrected chi connectivity index (χ4v) is 2.78. The number of nitrogens with zero attached hydrogens (tertiary/aromatic N) is 1. The average molecular weight is 338 g/mol. The molecule has 2 N–H and O–H groups in total. The van der Waals surface area contributed by atoms with Crippen LogP contribution in [0.2, 0.25) is 0 Å². The summed E-state index contributed by atoms with van der Waals surface area (Å²) in [6.07, 6.45) is 3.47. The first kappa shape index (κ1) is 17.0. The van der Waals surface area contributed by atoms with Gasteiger partial charge in [0.2, 0.25) is 0 Å². The van der Waals surface area contributed by atoms with E-state index in [1.165, 1.54) is 0 Å². The van der Waals surface area contributed by atoms with Gasteiger partial charge in [0, 0.05) is 6.54 Å². The number of carbonyl (C=O) groups is 1. The molecule has 1 heterocycles. The molecule has 0 radical (unpaired) electrons. The lowest BCUT2D eigenvalue weighted by molar-refractivity contribution is -0.117. The molecule has 25 heavy (non-hydrogen) atoms. The number of fused-ring (bicyclic) bond motifs is 1. The van der Waals surface area contributed by atoms with Crippen LogP contribution in [0, 0.1) is 0 Å². The summed E-state index contributed by atoms with van der Waals surface area (Å²) >= 11 is 0. The summed E-state index contributed by atoms with van der Waals surface area (Å²) in [7, 11) is 1.62. The van der Waals surface area contributed by atoms with Crippen molar-refractivity contribution in [3.63, 3.8) is 0 Å². The number of hydrogen-bond donors (Lipinski definition) is 1. The number of unbranched alkanes of at least 4 members (excludes halogenated alkanes) is 1. The summed E-state index contributed by atoms with van der Waals surface area (Å²) in [4.78, 5) is 14.7. The third-order valence-electron chi connectivity index (χ3n) is 4.06. The van der Waals surface area contributed by atoms with Crippen LogP contribution >= 0.6 is 0 Å². The predicted octanol–water partition coefficient (Wildman–Crippen LogP) is 3.20. The van der Waals surface area contributed by atoms with Crippen molar-refractivity contribution in [2.75, 3.05) is 25.1 Å². The van der Waals surface area contributed by atoms with Crippen LogP contribution in [0.5, 0.6) is 11.5 Å². The zero-order valence-corrected chi connectivity index (χ0v) is 14.3. The van der Waals surface area contributed by atoms with E-state index in [9.17, 15) is 4.79 Å². The zero-order chi connectivity index (χ0) is 17.6. The molecule has 0 unspecified atom stereocenters. The van der Waals surface area contributed by atoms with Crippen LogP contribution in [0.1, 0.15) is 18.4 Å². The highest BCUT2D eigenvalue weighted by Gasteiger charge is 2.29. The smallest absolute Gasteiger partial charge is 0.294 e. The Hall–Kier alpha value is -2.79. The molecule has 3 rings (SSSR count). The predicted molar refractivity (Wildman–Crippen MR) is 98.7 cm³/mol. The van der Waals surface area contributed by atoms with E-state index in [1.54, 1.807) is 18.1 Å². The SMILES string of the molecule is COc1cccc(/C=C2/Oc3ccccc3N(CCCCN)C2=O)c1. The number of benzene rings is 2. The molecule has 1 aliphatic heterocycles. The molecule has 0 aromatic heterocycles. The van der Waals surface area contributed by atoms with Gasteiger partial charge in [0.15, 0.2) is 11.5 Å². The molecule has 0 fully saturated rings. The number of para-hydroxylation sites is 2. The lowest BCUT2D eigenvalue weighted by Crippen LogP contribution is -2.38. The molecular formula is C20H22N2O3. The average Bonchev–Trinajstić information content (AvgIpc) is 2.65. The van der Waals surface area contributed by atoms with Gasteiger partial charge in [-0.1, -0.05) is 24.3 Å². The van der Waals surface area contributed by atoms with Gasteiger partial charge in [-0.25, -0.2) is 0 Å². The summed E-state index contributed by atoms with van der Waals surface area (Å²) in [5.41, 5.74) is 7.23. The van der Waals surface area contributed by atoms with Crippen molar-refractivity contribution in [2.45, 2.75) is 12.8 Å². The molecule has 5 heteroatoms. The molecule has 0 atom stereocenters. The zero-order valence-electron chi connectivity index (χ0n) is 14.3. The lowest BCUT2D eigenvalue weighted by Gasteiger charge is -2.30. The number of hydrogen-bond acceptors (Lipinski definition) is 4. The highest BCUT2D eigenvalue weighted by Crippen LogP contribution is 2.35. The molecule has 1 amide bonds. The Morgan fingerprint density at radius 2 is 2.00 bits per heavy atom. The maximum absolute atomic E-state index is 12.9. The second-order valence-electron chi connectivity index (χ2n) is 5.81. The van der Waals surface area contributed by atoms with Crippen LogP contribution in [0.4, 0.5) is 5.69 Å². The van der Waals surface area contributed by atoms with Crippen molar-refractivity contribution in [1.29, 1.82) is 0 Å². The molecule has 1 aliphatic rings. The van der Waals surface area contributed by atoms with Crippen molar-refractivity contribution in [3.8, 4) is 11.5 Å². The van der Waals surface area contributed by atoms with Gasteiger partial charge in [0.25, 0.3) is 5.91 Å². The Kier molecular flexibility index (Phi) is 5.36. The largest absolute Gasteiger partial charge is 0.497 e. The molecule has 0 aliphatic carbocycles. The maximum atomic E-state index is 12.9. The Labute approximate surface area is 147 Å². The van der Waals surface area contributed by atoms with Crippen molar-refractivity contribution in [2.24, 2.45) is 5.73 Å². The normalized spacial score (nSPS) is 15.0. The standard InChI is InChI=1S/C20H22N2O3/c1-24-16-8-6-7-15(13-16)14-19-20(23)22(12-5-4-11-21)17-9-2-3-10-18(17)25-19/h2-3,6-10,13-14H,4-5,11-12,21H2,1H3/b19-14+. The van der Waals surface area contributed by atoms with Crippen LogP contribution in [0.15, 0.2) is 54.3 Å². The van der Waals surface area contributed by atoms with Crippen LogP contribution < -0.4 is 20.1 Å². The minimum atomic E-state index is -0.140. The quantitative estimate of drug-likeness (QED) is 0.649. The van der Waals surface area contributed by atoms with Gasteiger partial charge in [-0.2, -0.15) is 0 Å². The summed E-state index contributed by atoms with van der Waals surface area (Å²) in [5.74, 6) is 1.58. The Morgan fingerprint density at radius 1 is 1.16 bits per heavy atom. The van der Waals surface area contributed by atoms with E-state index in [0.717, 1.165) is 29.8 Å². The summed E-state index contributed by atoms with van der Waals surface area (Å²) in [5, 5.41) is 0. The topological polar surface area (TPSA) is 64.8 Å². The number of carbonyl (C=O) groups excluding carboxylic acids is 1. The number of amides is 1. The molecule has 5 nitrogen and oxygen atoms in total. The molecule has 0 saturated carbocycles. The van der Waals surface area contributed by atoms with Gasteiger partial charge in [-0.05, 0) is 55.3 Å². The van der Waals surface area contributed by atoms with E-state index >= 15 is 0 Å². The number of anilines is 1. The Balaban J connectivity index is 1.93. The van der Waals surface area contributed by atoms with Crippen molar-refractivity contribution in [3.05, 3.63) is 59.9 Å². The third kappa shape index (κ3) is 3.83. The first-order valence-corrected chi connectivity index (χ1v) is 8.37. The van der Waals surface area contributed by atoms with Gasteiger partial charge in [-0.3, -0.25) is 4.79 Å². The fourth-order valence-electron chi connectivity index (χ4n) is 2.78. The highest BCUT2D eigenvalue weighted by atomic mass is 16.5. The molecule has 0 spiro atoms. The fraction of sp³-hybridized carbons (Fsp3) is 0.250. The van der Waals surface area contributed by atoms with Crippen molar-refractivity contribution in [1.82, 2.24) is 0 Å². The lowest BCUT2D eigenvalue weighted by atomic mass is 10.1. The molecule has 0 bridgehead atoms. The maximum Gasteiger partial charge on any atom is 0.294 e. The molecule has 130 valence electrons. The van der Waals surface area contributed by atoms with Gasteiger partial charge >= 0.3 is 0 Å². The number of nitrogens with two attached hydrogens (primary N) is 1. The highest BCUT2D eigenvalue weighted by molar-refractivity contribution is 6.09. The Morgan fingerprint density at radius 3 is 2.80 bits per heavy atom. The Bertz CT molecular complexity index is 786. The van der Waals surface area contributed by atoms with E-state index in [4.69, 9.17) is 15.2 Å². The van der Waals surface area contributed by atoms with Gasteiger partial charge in [0.05, 0.1) is 12.8 Å². The van der Waals surface area contributed by atoms with Gasteiger partial charge < -0.3 is 20.1 Å². The van der Waals surface area contributed by atoms with E-state index in [0.29, 0.717) is 24.6 Å². The molecule has 2 aromatic rings. The summed E-state index contributed by atoms with van der Waals surface area (Å²) in [6.45, 7) is 1.23. The van der Waals surface area contributed by atoms with Gasteiger partial charge in [-0.15, -0.1) is 0 Å². The van der Waals surface area contributed by atoms with Crippen LogP contribution in [0.25, 0.3) is 6.08 Å². The van der Waals surface area contributed by atoms with Crippen LogP contribution in [-0.2, 0) is 4.79 Å². The second kappa shape index (κ2) is 7.85. The van der Waals surface area contributed by atoms with Crippen LogP contribution in [0.3, 0.4) is 0 Å². The first-order valence-electron chi connectivity index (χ1n) is 8.37.